The molecule has 0 saturated heterocycles. The van der Waals surface area contributed by atoms with Gasteiger partial charge in [0.25, 0.3) is 0 Å². The molecule has 15 heavy (non-hydrogen) atoms. The van der Waals surface area contributed by atoms with E-state index in [0.29, 0.717) is 12.4 Å². The quantitative estimate of drug-likeness (QED) is 0.794. The molecule has 0 fully saturated rings. The second-order valence-corrected chi connectivity index (χ2v) is 3.76. The fourth-order valence-electron chi connectivity index (χ4n) is 1.07. The Morgan fingerprint density at radius 2 is 1.93 bits per heavy atom. The molecule has 3 nitrogen and oxygen atoms in total. The molecule has 1 aromatic carbocycles. The summed E-state index contributed by atoms with van der Waals surface area (Å²) in [6, 6.07) is 3.04. The zero-order valence-corrected chi connectivity index (χ0v) is 9.72. The van der Waals surface area contributed by atoms with E-state index in [4.69, 9.17) is 38.0 Å². The number of halogens is 2. The summed E-state index contributed by atoms with van der Waals surface area (Å²) < 4.78 is 5.32. The molecule has 1 rings (SSSR count). The minimum Gasteiger partial charge on any atom is -0.492 e. The molecule has 0 atom stereocenters. The average Bonchev–Trinajstić information content (AvgIpc) is 2.20. The minimum absolute atomic E-state index is 0.111. The summed E-state index contributed by atoms with van der Waals surface area (Å²) in [5.74, 6) is 0.452. The molecule has 0 saturated carbocycles. The van der Waals surface area contributed by atoms with Crippen LogP contribution >= 0.6 is 23.2 Å². The lowest BCUT2D eigenvalue weighted by atomic mass is 9.80. The van der Waals surface area contributed by atoms with Crippen LogP contribution in [-0.2, 0) is 0 Å². The van der Waals surface area contributed by atoms with Crippen LogP contribution in [0.3, 0.4) is 0 Å². The Kier molecular flexibility index (Phi) is 4.73. The normalized spacial score (nSPS) is 10.2. The molecule has 0 heterocycles. The highest BCUT2D eigenvalue weighted by atomic mass is 35.5. The lowest BCUT2D eigenvalue weighted by Gasteiger charge is -2.10. The van der Waals surface area contributed by atoms with Gasteiger partial charge in [0, 0.05) is 5.46 Å². The summed E-state index contributed by atoms with van der Waals surface area (Å²) in [5.41, 5.74) is 0.172. The Balaban J connectivity index is 2.99. The van der Waals surface area contributed by atoms with E-state index in [0.717, 1.165) is 6.42 Å². The first kappa shape index (κ1) is 12.7. The third-order valence-electron chi connectivity index (χ3n) is 1.82. The molecule has 0 bridgehead atoms. The van der Waals surface area contributed by atoms with Crippen LogP contribution in [-0.4, -0.2) is 23.8 Å². The van der Waals surface area contributed by atoms with Crippen LogP contribution in [0.25, 0.3) is 0 Å². The first-order chi connectivity index (χ1) is 7.07. The fraction of sp³-hybridized carbons (Fsp3) is 0.333. The van der Waals surface area contributed by atoms with Crippen molar-refractivity contribution in [1.82, 2.24) is 0 Å². The molecule has 1 aromatic rings. The van der Waals surface area contributed by atoms with Gasteiger partial charge in [-0.2, -0.15) is 0 Å². The molecule has 0 aromatic heterocycles. The van der Waals surface area contributed by atoms with Gasteiger partial charge in [-0.05, 0) is 12.5 Å². The minimum atomic E-state index is -1.63. The molecule has 6 heteroatoms. The van der Waals surface area contributed by atoms with Crippen LogP contribution in [0, 0.1) is 0 Å². The van der Waals surface area contributed by atoms with E-state index in [1.807, 2.05) is 6.92 Å². The molecule has 0 aliphatic rings. The summed E-state index contributed by atoms with van der Waals surface area (Å²) in [5, 5.41) is 18.3. The predicted molar refractivity (Wildman–Crippen MR) is 62.1 cm³/mol. The first-order valence-electron chi connectivity index (χ1n) is 4.54. The summed E-state index contributed by atoms with van der Waals surface area (Å²) >= 11 is 11.7. The van der Waals surface area contributed by atoms with Gasteiger partial charge in [-0.25, -0.2) is 0 Å². The van der Waals surface area contributed by atoms with E-state index in [1.165, 1.54) is 6.07 Å². The standard InChI is InChI=1S/C9H11BCl2O3/c1-2-5-15-7-4-3-6(10(13)14)8(11)9(7)12/h3-4,13-14H,2,5H2,1H3. The van der Waals surface area contributed by atoms with Crippen LogP contribution in [0.1, 0.15) is 13.3 Å². The largest absolute Gasteiger partial charge is 0.492 e. The van der Waals surface area contributed by atoms with Gasteiger partial charge in [0.2, 0.25) is 0 Å². The van der Waals surface area contributed by atoms with Gasteiger partial charge in [-0.3, -0.25) is 0 Å². The lowest BCUT2D eigenvalue weighted by Crippen LogP contribution is -2.30. The van der Waals surface area contributed by atoms with Crippen LogP contribution < -0.4 is 10.2 Å². The maximum Gasteiger partial charge on any atom is 0.490 e. The highest BCUT2D eigenvalue weighted by Gasteiger charge is 2.19. The molecule has 82 valence electrons. The third-order valence-corrected chi connectivity index (χ3v) is 2.70. The van der Waals surface area contributed by atoms with Gasteiger partial charge in [0.05, 0.1) is 11.6 Å². The van der Waals surface area contributed by atoms with Crippen molar-refractivity contribution in [2.75, 3.05) is 6.61 Å². The van der Waals surface area contributed by atoms with E-state index >= 15 is 0 Å². The summed E-state index contributed by atoms with van der Waals surface area (Å²) in [7, 11) is -1.63. The fourth-order valence-corrected chi connectivity index (χ4v) is 1.55. The zero-order valence-electron chi connectivity index (χ0n) is 8.20. The van der Waals surface area contributed by atoms with Gasteiger partial charge in [0.1, 0.15) is 10.8 Å². The highest BCUT2D eigenvalue weighted by Crippen LogP contribution is 2.30. The Morgan fingerprint density at radius 3 is 2.47 bits per heavy atom. The zero-order chi connectivity index (χ0) is 11.4. The topological polar surface area (TPSA) is 49.7 Å². The van der Waals surface area contributed by atoms with Crippen LogP contribution in [0.5, 0.6) is 5.75 Å². The molecule has 0 spiro atoms. The number of hydrogen-bond acceptors (Lipinski definition) is 3. The van der Waals surface area contributed by atoms with Crippen molar-refractivity contribution >= 4 is 35.8 Å². The Hall–Kier alpha value is -0.415. The SMILES string of the molecule is CCCOc1ccc(B(O)O)c(Cl)c1Cl. The molecule has 0 radical (unpaired) electrons. The number of benzene rings is 1. The monoisotopic (exact) mass is 248 g/mol. The van der Waals surface area contributed by atoms with Gasteiger partial charge < -0.3 is 14.8 Å². The number of ether oxygens (including phenoxy) is 1. The van der Waals surface area contributed by atoms with Crippen molar-refractivity contribution < 1.29 is 14.8 Å². The van der Waals surface area contributed by atoms with Crippen molar-refractivity contribution in [2.45, 2.75) is 13.3 Å². The average molecular weight is 249 g/mol. The van der Waals surface area contributed by atoms with Gasteiger partial charge in [-0.1, -0.05) is 36.2 Å². The van der Waals surface area contributed by atoms with Gasteiger partial charge >= 0.3 is 7.12 Å². The van der Waals surface area contributed by atoms with Crippen molar-refractivity contribution in [3.63, 3.8) is 0 Å². The predicted octanol–water partition coefficient (Wildman–Crippen LogP) is 1.46. The molecular weight excluding hydrogens is 238 g/mol. The first-order valence-corrected chi connectivity index (χ1v) is 5.30. The molecule has 0 aliphatic carbocycles. The third kappa shape index (κ3) is 3.02. The molecule has 0 amide bonds. The molecule has 2 N–H and O–H groups in total. The molecule has 0 unspecified atom stereocenters. The maximum absolute atomic E-state index is 8.97. The van der Waals surface area contributed by atoms with Crippen molar-refractivity contribution in [3.05, 3.63) is 22.2 Å². The van der Waals surface area contributed by atoms with Crippen LogP contribution in [0.15, 0.2) is 12.1 Å². The van der Waals surface area contributed by atoms with Gasteiger partial charge in [0.15, 0.2) is 0 Å². The number of hydrogen-bond donors (Lipinski definition) is 2. The van der Waals surface area contributed by atoms with Crippen molar-refractivity contribution in [1.29, 1.82) is 0 Å². The summed E-state index contributed by atoms with van der Waals surface area (Å²) in [4.78, 5) is 0. The van der Waals surface area contributed by atoms with E-state index in [9.17, 15) is 0 Å². The van der Waals surface area contributed by atoms with Gasteiger partial charge in [-0.15, -0.1) is 0 Å². The Bertz CT molecular complexity index is 344. The Labute approximate surface area is 98.7 Å². The van der Waals surface area contributed by atoms with E-state index in [2.05, 4.69) is 0 Å². The van der Waals surface area contributed by atoms with Crippen molar-refractivity contribution in [3.8, 4) is 5.75 Å². The second kappa shape index (κ2) is 5.61. The highest BCUT2D eigenvalue weighted by molar-refractivity contribution is 6.64. The van der Waals surface area contributed by atoms with E-state index in [1.54, 1.807) is 6.07 Å². The second-order valence-electron chi connectivity index (χ2n) is 3.00. The Morgan fingerprint density at radius 1 is 1.27 bits per heavy atom. The lowest BCUT2D eigenvalue weighted by molar-refractivity contribution is 0.317. The maximum atomic E-state index is 8.97. The smallest absolute Gasteiger partial charge is 0.490 e. The van der Waals surface area contributed by atoms with Crippen LogP contribution in [0.2, 0.25) is 10.0 Å². The number of rotatable bonds is 4. The summed E-state index contributed by atoms with van der Waals surface area (Å²) in [6.45, 7) is 2.51. The van der Waals surface area contributed by atoms with E-state index in [-0.39, 0.29) is 15.5 Å². The molecule has 0 aliphatic heterocycles. The molecular formula is C9H11BCl2O3. The van der Waals surface area contributed by atoms with Crippen LogP contribution in [0.4, 0.5) is 0 Å². The van der Waals surface area contributed by atoms with Crippen molar-refractivity contribution in [2.24, 2.45) is 0 Å². The van der Waals surface area contributed by atoms with E-state index < -0.39 is 7.12 Å². The summed E-state index contributed by atoms with van der Waals surface area (Å²) in [6.07, 6.45) is 0.859.